The number of hydrogen-bond acceptors (Lipinski definition) is 7. The molecular formula is C26H41N3O7. The lowest BCUT2D eigenvalue weighted by Gasteiger charge is -2.26. The number of nitrogens with one attached hydrogen (secondary N) is 2. The van der Waals surface area contributed by atoms with Crippen molar-refractivity contribution in [2.45, 2.75) is 65.0 Å². The van der Waals surface area contributed by atoms with Gasteiger partial charge in [-0.3, -0.25) is 14.5 Å². The van der Waals surface area contributed by atoms with E-state index in [4.69, 9.17) is 14.2 Å². The van der Waals surface area contributed by atoms with E-state index in [0.29, 0.717) is 56.6 Å². The smallest absolute Gasteiger partial charge is 0.326 e. The predicted molar refractivity (Wildman–Crippen MR) is 135 cm³/mol. The monoisotopic (exact) mass is 507 g/mol. The molecule has 0 aromatic heterocycles. The van der Waals surface area contributed by atoms with Crippen molar-refractivity contribution in [2.75, 3.05) is 46.1 Å². The number of nitrogens with zero attached hydrogens (tertiary/aromatic N) is 1. The Hall–Kier alpha value is -2.85. The van der Waals surface area contributed by atoms with Gasteiger partial charge in [0.25, 0.3) is 0 Å². The Labute approximate surface area is 213 Å². The zero-order valence-electron chi connectivity index (χ0n) is 21.7. The number of hydrogen-bond donors (Lipinski definition) is 3. The van der Waals surface area contributed by atoms with E-state index in [-0.39, 0.29) is 18.9 Å². The first-order chi connectivity index (χ1) is 17.3. The van der Waals surface area contributed by atoms with Crippen molar-refractivity contribution in [3.63, 3.8) is 0 Å². The molecule has 10 heteroatoms. The SMILES string of the molecule is CCCCOc1ccc(C[C@H](NC(=O)[C@H](C)NC(=O)CN2CCOCC2)C(=O)O)cc1OCCCC. The molecule has 0 saturated carbocycles. The number of rotatable bonds is 16. The van der Waals surface area contributed by atoms with E-state index in [9.17, 15) is 19.5 Å². The molecule has 0 aliphatic carbocycles. The second-order valence-corrected chi connectivity index (χ2v) is 8.97. The maximum atomic E-state index is 12.7. The lowest BCUT2D eigenvalue weighted by atomic mass is 10.0. The van der Waals surface area contributed by atoms with E-state index in [0.717, 1.165) is 25.7 Å². The molecule has 2 amide bonds. The van der Waals surface area contributed by atoms with Crippen molar-refractivity contribution in [1.29, 1.82) is 0 Å². The molecule has 1 aromatic carbocycles. The van der Waals surface area contributed by atoms with Crippen molar-refractivity contribution >= 4 is 17.8 Å². The zero-order valence-corrected chi connectivity index (χ0v) is 21.7. The van der Waals surface area contributed by atoms with Gasteiger partial charge in [-0.15, -0.1) is 0 Å². The molecular weight excluding hydrogens is 466 g/mol. The van der Waals surface area contributed by atoms with E-state index < -0.39 is 24.0 Å². The van der Waals surface area contributed by atoms with Crippen molar-refractivity contribution in [1.82, 2.24) is 15.5 Å². The maximum absolute atomic E-state index is 12.7. The van der Waals surface area contributed by atoms with Gasteiger partial charge in [-0.25, -0.2) is 4.79 Å². The Morgan fingerprint density at radius 3 is 2.28 bits per heavy atom. The summed E-state index contributed by atoms with van der Waals surface area (Å²) in [6.07, 6.45) is 3.87. The largest absolute Gasteiger partial charge is 0.490 e. The number of carbonyl (C=O) groups is 3. The molecule has 10 nitrogen and oxygen atoms in total. The van der Waals surface area contributed by atoms with Gasteiger partial charge in [-0.1, -0.05) is 32.8 Å². The fraction of sp³-hybridized carbons (Fsp3) is 0.654. The van der Waals surface area contributed by atoms with Crippen LogP contribution in [0.4, 0.5) is 0 Å². The van der Waals surface area contributed by atoms with Gasteiger partial charge in [-0.05, 0) is 37.5 Å². The van der Waals surface area contributed by atoms with E-state index >= 15 is 0 Å². The van der Waals surface area contributed by atoms with Crippen LogP contribution in [-0.4, -0.2) is 85.9 Å². The number of morpholine rings is 1. The van der Waals surface area contributed by atoms with E-state index in [1.165, 1.54) is 6.92 Å². The Morgan fingerprint density at radius 2 is 1.67 bits per heavy atom. The van der Waals surface area contributed by atoms with Gasteiger partial charge in [0, 0.05) is 19.5 Å². The highest BCUT2D eigenvalue weighted by atomic mass is 16.5. The number of amides is 2. The quantitative estimate of drug-likeness (QED) is 0.290. The molecule has 36 heavy (non-hydrogen) atoms. The first kappa shape index (κ1) is 29.4. The second kappa shape index (κ2) is 16.0. The summed E-state index contributed by atoms with van der Waals surface area (Å²) < 4.78 is 17.0. The molecule has 1 heterocycles. The van der Waals surface area contributed by atoms with Crippen LogP contribution in [0.1, 0.15) is 52.0 Å². The molecule has 0 unspecified atom stereocenters. The van der Waals surface area contributed by atoms with Crippen LogP contribution in [0.15, 0.2) is 18.2 Å². The predicted octanol–water partition coefficient (Wildman–Crippen LogP) is 1.99. The van der Waals surface area contributed by atoms with E-state index in [1.807, 2.05) is 4.90 Å². The van der Waals surface area contributed by atoms with Crippen LogP contribution in [-0.2, 0) is 25.5 Å². The number of unbranched alkanes of at least 4 members (excludes halogenated alkanes) is 2. The molecule has 0 bridgehead atoms. The van der Waals surface area contributed by atoms with Crippen LogP contribution in [0.5, 0.6) is 11.5 Å². The summed E-state index contributed by atoms with van der Waals surface area (Å²) in [5.41, 5.74) is 0.695. The third-order valence-electron chi connectivity index (χ3n) is 5.82. The molecule has 1 fully saturated rings. The van der Waals surface area contributed by atoms with E-state index in [1.54, 1.807) is 18.2 Å². The van der Waals surface area contributed by atoms with Crippen molar-refractivity contribution in [3.05, 3.63) is 23.8 Å². The fourth-order valence-corrected chi connectivity index (χ4v) is 3.61. The van der Waals surface area contributed by atoms with Crippen LogP contribution in [0.3, 0.4) is 0 Å². The molecule has 1 aliphatic rings. The summed E-state index contributed by atoms with van der Waals surface area (Å²) in [6, 6.07) is 3.30. The summed E-state index contributed by atoms with van der Waals surface area (Å²) in [5.74, 6) is -0.824. The average Bonchev–Trinajstić information content (AvgIpc) is 2.85. The first-order valence-electron chi connectivity index (χ1n) is 12.8. The zero-order chi connectivity index (χ0) is 26.3. The minimum absolute atomic E-state index is 0.0644. The van der Waals surface area contributed by atoms with Crippen molar-refractivity contribution in [2.24, 2.45) is 0 Å². The maximum Gasteiger partial charge on any atom is 0.326 e. The first-order valence-corrected chi connectivity index (χ1v) is 12.8. The fourth-order valence-electron chi connectivity index (χ4n) is 3.61. The third kappa shape index (κ3) is 10.4. The molecule has 0 radical (unpaired) electrons. The van der Waals surface area contributed by atoms with Gasteiger partial charge < -0.3 is 30.0 Å². The minimum atomic E-state index is -1.16. The number of carboxylic acid groups (broad SMARTS) is 1. The highest BCUT2D eigenvalue weighted by Gasteiger charge is 2.25. The molecule has 0 spiro atoms. The van der Waals surface area contributed by atoms with Gasteiger partial charge in [0.2, 0.25) is 11.8 Å². The number of carboxylic acids is 1. The minimum Gasteiger partial charge on any atom is -0.490 e. The summed E-state index contributed by atoms with van der Waals surface area (Å²) in [7, 11) is 0. The third-order valence-corrected chi connectivity index (χ3v) is 5.82. The van der Waals surface area contributed by atoms with Gasteiger partial charge in [0.05, 0.1) is 33.0 Å². The molecule has 1 aromatic rings. The van der Waals surface area contributed by atoms with E-state index in [2.05, 4.69) is 24.5 Å². The molecule has 1 aliphatic heterocycles. The summed E-state index contributed by atoms with van der Waals surface area (Å²) in [4.78, 5) is 38.8. The van der Waals surface area contributed by atoms with Crippen LogP contribution in [0, 0.1) is 0 Å². The topological polar surface area (TPSA) is 126 Å². The van der Waals surface area contributed by atoms with Crippen LogP contribution < -0.4 is 20.1 Å². The molecule has 2 rings (SSSR count). The number of benzene rings is 1. The number of ether oxygens (including phenoxy) is 3. The molecule has 202 valence electrons. The number of carbonyl (C=O) groups excluding carboxylic acids is 2. The molecule has 3 N–H and O–H groups in total. The summed E-state index contributed by atoms with van der Waals surface area (Å²) >= 11 is 0. The standard InChI is InChI=1S/C26H41N3O7/c1-4-6-12-35-22-9-8-20(17-23(22)36-13-7-5-2)16-21(26(32)33)28-25(31)19(3)27-24(30)18-29-10-14-34-15-11-29/h8-9,17,19,21H,4-7,10-16,18H2,1-3H3,(H,27,30)(H,28,31)(H,32,33)/t19-,21-/m0/s1. The summed E-state index contributed by atoms with van der Waals surface area (Å²) in [6.45, 7) is 9.41. The van der Waals surface area contributed by atoms with Gasteiger partial charge >= 0.3 is 5.97 Å². The van der Waals surface area contributed by atoms with Gasteiger partial charge in [0.1, 0.15) is 12.1 Å². The molecule has 1 saturated heterocycles. The number of aliphatic carboxylic acids is 1. The Morgan fingerprint density at radius 1 is 1.03 bits per heavy atom. The average molecular weight is 508 g/mol. The van der Waals surface area contributed by atoms with Crippen LogP contribution in [0.25, 0.3) is 0 Å². The highest BCUT2D eigenvalue weighted by molar-refractivity contribution is 5.90. The van der Waals surface area contributed by atoms with Crippen LogP contribution >= 0.6 is 0 Å². The summed E-state index contributed by atoms with van der Waals surface area (Å²) in [5, 5.41) is 14.9. The lowest BCUT2D eigenvalue weighted by Crippen LogP contribution is -2.53. The Bertz CT molecular complexity index is 843. The Kier molecular flexibility index (Phi) is 13.1. The highest BCUT2D eigenvalue weighted by Crippen LogP contribution is 2.29. The van der Waals surface area contributed by atoms with Crippen molar-refractivity contribution < 1.29 is 33.7 Å². The normalized spacial score (nSPS) is 15.5. The van der Waals surface area contributed by atoms with Gasteiger partial charge in [0.15, 0.2) is 11.5 Å². The van der Waals surface area contributed by atoms with Crippen molar-refractivity contribution in [3.8, 4) is 11.5 Å². The second-order valence-electron chi connectivity index (χ2n) is 8.97. The molecule has 2 atom stereocenters. The Balaban J connectivity index is 1.98. The lowest BCUT2D eigenvalue weighted by molar-refractivity contribution is -0.142. The van der Waals surface area contributed by atoms with Gasteiger partial charge in [-0.2, -0.15) is 0 Å². The van der Waals surface area contributed by atoms with Crippen LogP contribution in [0.2, 0.25) is 0 Å².